The number of nitrogens with one attached hydrogen (secondary N) is 1. The molecular formula is C48H29N5. The molecule has 11 rings (SSSR count). The molecule has 0 atom stereocenters. The molecule has 0 fully saturated rings. The monoisotopic (exact) mass is 675 g/mol. The summed E-state index contributed by atoms with van der Waals surface area (Å²) in [6.07, 6.45) is 1.44. The Morgan fingerprint density at radius 2 is 0.887 bits per heavy atom. The van der Waals surface area contributed by atoms with Gasteiger partial charge in [0.05, 0.1) is 56.1 Å². The summed E-state index contributed by atoms with van der Waals surface area (Å²) in [5.74, 6) is 0. The molecule has 3 heterocycles. The molecule has 3 aromatic heterocycles. The average Bonchev–Trinajstić information content (AvgIpc) is 3.86. The molecule has 246 valence electrons. The molecule has 5 heteroatoms. The first kappa shape index (κ1) is 29.3. The summed E-state index contributed by atoms with van der Waals surface area (Å²) in [7, 11) is 0. The van der Waals surface area contributed by atoms with Crippen molar-refractivity contribution in [3.8, 4) is 23.1 Å². The lowest BCUT2D eigenvalue weighted by Gasteiger charge is -2.18. The summed E-state index contributed by atoms with van der Waals surface area (Å²) < 4.78 is 6.82. The molecule has 1 N–H and O–H groups in total. The van der Waals surface area contributed by atoms with Crippen LogP contribution in [0.3, 0.4) is 0 Å². The molecule has 53 heavy (non-hydrogen) atoms. The van der Waals surface area contributed by atoms with Crippen LogP contribution in [-0.2, 0) is 0 Å². The first-order valence-corrected chi connectivity index (χ1v) is 17.8. The van der Waals surface area contributed by atoms with Gasteiger partial charge in [-0.1, -0.05) is 103 Å². The van der Waals surface area contributed by atoms with E-state index in [1.165, 1.54) is 17.0 Å². The van der Waals surface area contributed by atoms with E-state index in [1.807, 2.05) is 24.3 Å². The SMILES string of the molecule is N#Cc1cc(-n2c3ccccc3c3ccccc32)c(C=N)c(-n2c3ccc(-n4c5ccccc5c5ccccc54)cc3c3c4ccccc4ccc32)c1. The normalized spacial score (nSPS) is 11.8. The minimum atomic E-state index is 0.528. The van der Waals surface area contributed by atoms with Gasteiger partial charge in [0.15, 0.2) is 0 Å². The van der Waals surface area contributed by atoms with Crippen molar-refractivity contribution < 1.29 is 0 Å². The van der Waals surface area contributed by atoms with Gasteiger partial charge in [-0.15, -0.1) is 0 Å². The Balaban J connectivity index is 1.27. The van der Waals surface area contributed by atoms with Crippen LogP contribution >= 0.6 is 0 Å². The predicted molar refractivity (Wildman–Crippen MR) is 220 cm³/mol. The fourth-order valence-corrected chi connectivity index (χ4v) is 8.77. The van der Waals surface area contributed by atoms with Gasteiger partial charge < -0.3 is 19.1 Å². The van der Waals surface area contributed by atoms with Crippen molar-refractivity contribution in [1.82, 2.24) is 13.7 Å². The number of nitrogens with zero attached hydrogens (tertiary/aromatic N) is 4. The van der Waals surface area contributed by atoms with E-state index < -0.39 is 0 Å². The maximum Gasteiger partial charge on any atom is 0.0993 e. The molecule has 0 saturated carbocycles. The first-order valence-electron chi connectivity index (χ1n) is 17.8. The number of benzene rings is 8. The van der Waals surface area contributed by atoms with Crippen LogP contribution in [0.5, 0.6) is 0 Å². The molecule has 8 aromatic carbocycles. The Bertz CT molecular complexity index is 3280. The van der Waals surface area contributed by atoms with Crippen molar-refractivity contribution in [2.45, 2.75) is 0 Å². The highest BCUT2D eigenvalue weighted by molar-refractivity contribution is 6.22. The highest BCUT2D eigenvalue weighted by atomic mass is 15.0. The van der Waals surface area contributed by atoms with E-state index in [0.717, 1.165) is 88.0 Å². The summed E-state index contributed by atoms with van der Waals surface area (Å²) >= 11 is 0. The van der Waals surface area contributed by atoms with Crippen molar-refractivity contribution in [3.63, 3.8) is 0 Å². The van der Waals surface area contributed by atoms with Crippen LogP contribution in [0.4, 0.5) is 0 Å². The molecule has 0 bridgehead atoms. The second-order valence-corrected chi connectivity index (χ2v) is 13.6. The molecule has 0 aliphatic rings. The number of para-hydroxylation sites is 4. The summed E-state index contributed by atoms with van der Waals surface area (Å²) in [4.78, 5) is 0. The molecule has 5 nitrogen and oxygen atoms in total. The molecule has 0 unspecified atom stereocenters. The lowest BCUT2D eigenvalue weighted by molar-refractivity contribution is 1.12. The van der Waals surface area contributed by atoms with Crippen LogP contribution in [0.2, 0.25) is 0 Å². The van der Waals surface area contributed by atoms with Crippen molar-refractivity contribution in [2.75, 3.05) is 0 Å². The maximum atomic E-state index is 10.5. The van der Waals surface area contributed by atoms with E-state index in [9.17, 15) is 5.26 Å². The zero-order valence-electron chi connectivity index (χ0n) is 28.5. The Morgan fingerprint density at radius 1 is 0.434 bits per heavy atom. The Hall–Kier alpha value is -7.42. The van der Waals surface area contributed by atoms with E-state index in [0.29, 0.717) is 5.56 Å². The van der Waals surface area contributed by atoms with Crippen molar-refractivity contribution >= 4 is 82.4 Å². The lowest BCUT2D eigenvalue weighted by atomic mass is 10.0. The van der Waals surface area contributed by atoms with Crippen LogP contribution in [-0.4, -0.2) is 19.9 Å². The number of aromatic nitrogens is 3. The number of fused-ring (bicyclic) bond motifs is 11. The molecule has 0 radical (unpaired) electrons. The summed E-state index contributed by atoms with van der Waals surface area (Å²) in [6, 6.07) is 59.8. The van der Waals surface area contributed by atoms with Gasteiger partial charge in [-0.3, -0.25) is 0 Å². The number of hydrogen-bond acceptors (Lipinski definition) is 2. The largest absolute Gasteiger partial charge is 0.309 e. The van der Waals surface area contributed by atoms with Crippen molar-refractivity contribution in [1.29, 1.82) is 10.7 Å². The van der Waals surface area contributed by atoms with E-state index in [2.05, 4.69) is 159 Å². The molecule has 0 saturated heterocycles. The van der Waals surface area contributed by atoms with Gasteiger partial charge in [0, 0.05) is 49.8 Å². The van der Waals surface area contributed by atoms with Crippen molar-refractivity contribution in [2.24, 2.45) is 0 Å². The zero-order chi connectivity index (χ0) is 35.2. The fraction of sp³-hybridized carbons (Fsp3) is 0. The Kier molecular flexibility index (Phi) is 6.11. The van der Waals surface area contributed by atoms with Crippen LogP contribution in [0.1, 0.15) is 11.1 Å². The lowest BCUT2D eigenvalue weighted by Crippen LogP contribution is -2.07. The van der Waals surface area contributed by atoms with E-state index >= 15 is 0 Å². The van der Waals surface area contributed by atoms with Gasteiger partial charge in [-0.25, -0.2) is 0 Å². The maximum absolute atomic E-state index is 10.5. The Labute approximate surface area is 303 Å². The second-order valence-electron chi connectivity index (χ2n) is 13.6. The summed E-state index contributed by atoms with van der Waals surface area (Å²) in [6.45, 7) is 0. The van der Waals surface area contributed by atoms with Crippen LogP contribution in [0.15, 0.2) is 164 Å². The third kappa shape index (κ3) is 4.03. The number of hydrogen-bond donors (Lipinski definition) is 1. The van der Waals surface area contributed by atoms with Crippen LogP contribution < -0.4 is 0 Å². The molecule has 0 aliphatic heterocycles. The topological polar surface area (TPSA) is 62.4 Å². The quantitative estimate of drug-likeness (QED) is 0.185. The minimum absolute atomic E-state index is 0.528. The van der Waals surface area contributed by atoms with Crippen LogP contribution in [0.25, 0.3) is 93.3 Å². The Morgan fingerprint density at radius 3 is 1.43 bits per heavy atom. The molecule has 0 aliphatic carbocycles. The number of rotatable bonds is 4. The van der Waals surface area contributed by atoms with Gasteiger partial charge in [-0.2, -0.15) is 5.26 Å². The molecule has 11 aromatic rings. The fourth-order valence-electron chi connectivity index (χ4n) is 8.77. The summed E-state index contributed by atoms with van der Waals surface area (Å²) in [5.41, 5.74) is 10.3. The van der Waals surface area contributed by atoms with Gasteiger partial charge in [0.2, 0.25) is 0 Å². The highest BCUT2D eigenvalue weighted by Gasteiger charge is 2.23. The average molecular weight is 676 g/mol. The third-order valence-corrected chi connectivity index (χ3v) is 10.9. The smallest absolute Gasteiger partial charge is 0.0993 e. The molecule has 0 spiro atoms. The second kappa shape index (κ2) is 11.0. The predicted octanol–water partition coefficient (Wildman–Crippen LogP) is 12.0. The first-order chi connectivity index (χ1) is 26.2. The minimum Gasteiger partial charge on any atom is -0.309 e. The van der Waals surface area contributed by atoms with Gasteiger partial charge in [0.1, 0.15) is 0 Å². The van der Waals surface area contributed by atoms with Crippen LogP contribution in [0, 0.1) is 16.7 Å². The van der Waals surface area contributed by atoms with E-state index in [-0.39, 0.29) is 0 Å². The molecular weight excluding hydrogens is 647 g/mol. The van der Waals surface area contributed by atoms with Gasteiger partial charge in [0.25, 0.3) is 0 Å². The standard InChI is InChI=1S/C48H29N5/c49-28-30-25-46(52-42-19-9-5-15-36(42)37-16-6-10-20-43(37)52)39(29-50)47(26-30)53-44-24-22-32(27-38(44)48-33-12-2-1-11-31(33)21-23-45(48)53)51-40-17-7-3-13-34(40)35-14-4-8-18-41(35)51/h1-27,29,50H. The van der Waals surface area contributed by atoms with E-state index in [4.69, 9.17) is 5.41 Å². The zero-order valence-corrected chi connectivity index (χ0v) is 28.5. The number of nitriles is 1. The third-order valence-electron chi connectivity index (χ3n) is 10.9. The molecule has 0 amide bonds. The van der Waals surface area contributed by atoms with E-state index in [1.54, 1.807) is 0 Å². The van der Waals surface area contributed by atoms with Crippen molar-refractivity contribution in [3.05, 3.63) is 175 Å². The van der Waals surface area contributed by atoms with Gasteiger partial charge in [-0.05, 0) is 71.4 Å². The highest BCUT2D eigenvalue weighted by Crippen LogP contribution is 2.42. The summed E-state index contributed by atoms with van der Waals surface area (Å²) in [5, 5.41) is 28.7. The van der Waals surface area contributed by atoms with Gasteiger partial charge >= 0.3 is 0 Å².